The van der Waals surface area contributed by atoms with E-state index in [9.17, 15) is 0 Å². The third kappa shape index (κ3) is 2.80. The maximum Gasteiger partial charge on any atom is 0.145 e. The van der Waals surface area contributed by atoms with Crippen LogP contribution in [0.2, 0.25) is 0 Å². The maximum absolute atomic E-state index is 5.78. The highest BCUT2D eigenvalue weighted by Crippen LogP contribution is 2.22. The molecule has 0 bridgehead atoms. The summed E-state index contributed by atoms with van der Waals surface area (Å²) in [4.78, 5) is 2.59. The molecule has 0 aromatic carbocycles. The lowest BCUT2D eigenvalue weighted by Crippen LogP contribution is -2.38. The van der Waals surface area contributed by atoms with Gasteiger partial charge in [-0.2, -0.15) is 5.10 Å². The number of aromatic nitrogens is 2. The van der Waals surface area contributed by atoms with Crippen LogP contribution < -0.4 is 5.73 Å². The first-order valence-corrected chi connectivity index (χ1v) is 6.80. The van der Waals surface area contributed by atoms with Crippen LogP contribution in [0.3, 0.4) is 0 Å². The molecule has 0 spiro atoms. The molecule has 2 heterocycles. The van der Waals surface area contributed by atoms with Gasteiger partial charge in [0.2, 0.25) is 0 Å². The van der Waals surface area contributed by atoms with Crippen molar-refractivity contribution in [3.63, 3.8) is 0 Å². The third-order valence-corrected chi connectivity index (χ3v) is 3.77. The van der Waals surface area contributed by atoms with Crippen LogP contribution >= 0.6 is 0 Å². The Balaban J connectivity index is 2.07. The summed E-state index contributed by atoms with van der Waals surface area (Å²) in [7, 11) is 0. The minimum absolute atomic E-state index is 0.645. The van der Waals surface area contributed by atoms with E-state index in [1.54, 1.807) is 0 Å². The minimum Gasteiger partial charge on any atom is -0.382 e. The summed E-state index contributed by atoms with van der Waals surface area (Å²) >= 11 is 0. The molecule has 0 aliphatic carbocycles. The normalized spacial score (nSPS) is 21.9. The zero-order valence-electron chi connectivity index (χ0n) is 11.0. The van der Waals surface area contributed by atoms with Crippen molar-refractivity contribution in [3.8, 4) is 0 Å². The van der Waals surface area contributed by atoms with Crippen LogP contribution in [0.4, 0.5) is 5.82 Å². The largest absolute Gasteiger partial charge is 0.382 e. The van der Waals surface area contributed by atoms with Crippen molar-refractivity contribution in [1.29, 1.82) is 0 Å². The standard InChI is InChI=1S/C13H24N4/c1-3-11-7-5-6-8-16(11)10-12-9-13(14)15-17(12)4-2/h9,11H,3-8,10H2,1-2H3,(H2,14,15)/t11-/m1/s1. The number of nitrogen functional groups attached to an aromatic ring is 1. The Kier molecular flexibility index (Phi) is 4.05. The van der Waals surface area contributed by atoms with Gasteiger partial charge in [-0.3, -0.25) is 9.58 Å². The van der Waals surface area contributed by atoms with Crippen molar-refractivity contribution >= 4 is 5.82 Å². The molecule has 2 rings (SSSR count). The van der Waals surface area contributed by atoms with Crippen molar-refractivity contribution in [1.82, 2.24) is 14.7 Å². The van der Waals surface area contributed by atoms with Crippen molar-refractivity contribution in [3.05, 3.63) is 11.8 Å². The second-order valence-corrected chi connectivity index (χ2v) is 4.90. The Labute approximate surface area is 104 Å². The number of aryl methyl sites for hydroxylation is 1. The molecule has 0 unspecified atom stereocenters. The summed E-state index contributed by atoms with van der Waals surface area (Å²) in [6.45, 7) is 7.51. The molecule has 1 fully saturated rings. The van der Waals surface area contributed by atoms with E-state index >= 15 is 0 Å². The van der Waals surface area contributed by atoms with Crippen LogP contribution in [-0.2, 0) is 13.1 Å². The fourth-order valence-electron chi connectivity index (χ4n) is 2.82. The smallest absolute Gasteiger partial charge is 0.145 e. The average Bonchev–Trinajstić information content (AvgIpc) is 2.70. The maximum atomic E-state index is 5.78. The van der Waals surface area contributed by atoms with Gasteiger partial charge in [0.05, 0.1) is 5.69 Å². The molecule has 1 aromatic rings. The van der Waals surface area contributed by atoms with Gasteiger partial charge in [0.1, 0.15) is 5.82 Å². The average molecular weight is 236 g/mol. The summed E-state index contributed by atoms with van der Waals surface area (Å²) in [5.74, 6) is 0.645. The summed E-state index contributed by atoms with van der Waals surface area (Å²) in [6, 6.07) is 2.76. The molecule has 0 amide bonds. The quantitative estimate of drug-likeness (QED) is 0.872. The highest BCUT2D eigenvalue weighted by Gasteiger charge is 2.21. The van der Waals surface area contributed by atoms with Crippen LogP contribution in [0.15, 0.2) is 6.07 Å². The number of anilines is 1. The second-order valence-electron chi connectivity index (χ2n) is 4.90. The van der Waals surface area contributed by atoms with Gasteiger partial charge < -0.3 is 5.73 Å². The molecule has 0 radical (unpaired) electrons. The fraction of sp³-hybridized carbons (Fsp3) is 0.769. The number of hydrogen-bond acceptors (Lipinski definition) is 3. The van der Waals surface area contributed by atoms with E-state index in [0.717, 1.165) is 19.1 Å². The Morgan fingerprint density at radius 1 is 1.41 bits per heavy atom. The Hall–Kier alpha value is -1.03. The van der Waals surface area contributed by atoms with Gasteiger partial charge in [0.25, 0.3) is 0 Å². The highest BCUT2D eigenvalue weighted by molar-refractivity contribution is 5.29. The van der Waals surface area contributed by atoms with Gasteiger partial charge in [0, 0.05) is 25.2 Å². The van der Waals surface area contributed by atoms with E-state index in [1.165, 1.54) is 37.9 Å². The zero-order chi connectivity index (χ0) is 12.3. The summed E-state index contributed by atoms with van der Waals surface area (Å²) < 4.78 is 2.02. The topological polar surface area (TPSA) is 47.1 Å². The van der Waals surface area contributed by atoms with Gasteiger partial charge in [-0.15, -0.1) is 0 Å². The van der Waals surface area contributed by atoms with E-state index in [-0.39, 0.29) is 0 Å². The molecule has 1 saturated heterocycles. The first-order chi connectivity index (χ1) is 8.24. The fourth-order valence-corrected chi connectivity index (χ4v) is 2.82. The number of rotatable bonds is 4. The molecule has 1 atom stereocenters. The first-order valence-electron chi connectivity index (χ1n) is 6.80. The first kappa shape index (κ1) is 12.4. The van der Waals surface area contributed by atoms with Gasteiger partial charge in [-0.1, -0.05) is 13.3 Å². The molecule has 96 valence electrons. The Bertz CT molecular complexity index is 358. The molecule has 1 aromatic heterocycles. The molecule has 4 nitrogen and oxygen atoms in total. The van der Waals surface area contributed by atoms with E-state index < -0.39 is 0 Å². The molecule has 0 saturated carbocycles. The predicted octanol–water partition coefficient (Wildman–Crippen LogP) is 2.25. The van der Waals surface area contributed by atoms with E-state index in [1.807, 2.05) is 10.7 Å². The van der Waals surface area contributed by atoms with Crippen molar-refractivity contribution in [2.45, 2.75) is 58.7 Å². The summed E-state index contributed by atoms with van der Waals surface area (Å²) in [6.07, 6.45) is 5.29. The monoisotopic (exact) mass is 236 g/mol. The van der Waals surface area contributed by atoms with Crippen LogP contribution in [-0.4, -0.2) is 27.3 Å². The molecular weight excluding hydrogens is 212 g/mol. The molecule has 2 N–H and O–H groups in total. The third-order valence-electron chi connectivity index (χ3n) is 3.77. The minimum atomic E-state index is 0.645. The lowest BCUT2D eigenvalue weighted by molar-refractivity contribution is 0.132. The molecule has 17 heavy (non-hydrogen) atoms. The van der Waals surface area contributed by atoms with E-state index in [2.05, 4.69) is 23.8 Å². The van der Waals surface area contributed by atoms with Crippen LogP contribution in [0, 0.1) is 0 Å². The SMILES string of the molecule is CC[C@@H]1CCCCN1Cc1cc(N)nn1CC. The van der Waals surface area contributed by atoms with Gasteiger partial charge in [-0.25, -0.2) is 0 Å². The van der Waals surface area contributed by atoms with Crippen molar-refractivity contribution in [2.24, 2.45) is 0 Å². The number of nitrogens with zero attached hydrogens (tertiary/aromatic N) is 3. The second kappa shape index (κ2) is 5.54. The number of hydrogen-bond donors (Lipinski definition) is 1. The van der Waals surface area contributed by atoms with Gasteiger partial charge in [0.15, 0.2) is 0 Å². The van der Waals surface area contributed by atoms with E-state index in [4.69, 9.17) is 5.73 Å². The van der Waals surface area contributed by atoms with Crippen LogP contribution in [0.25, 0.3) is 0 Å². The number of likely N-dealkylation sites (tertiary alicyclic amines) is 1. The van der Waals surface area contributed by atoms with E-state index in [0.29, 0.717) is 5.82 Å². The Morgan fingerprint density at radius 2 is 2.24 bits per heavy atom. The van der Waals surface area contributed by atoms with Crippen LogP contribution in [0.1, 0.15) is 45.2 Å². The zero-order valence-corrected chi connectivity index (χ0v) is 11.0. The molecule has 1 aliphatic rings. The Morgan fingerprint density at radius 3 is 2.94 bits per heavy atom. The molecule has 1 aliphatic heterocycles. The van der Waals surface area contributed by atoms with Gasteiger partial charge in [-0.05, 0) is 32.7 Å². The molecular formula is C13H24N4. The molecule has 4 heteroatoms. The number of nitrogens with two attached hydrogens (primary N) is 1. The van der Waals surface area contributed by atoms with Crippen molar-refractivity contribution in [2.75, 3.05) is 12.3 Å². The lowest BCUT2D eigenvalue weighted by Gasteiger charge is -2.35. The summed E-state index contributed by atoms with van der Waals surface area (Å²) in [5.41, 5.74) is 7.03. The highest BCUT2D eigenvalue weighted by atomic mass is 15.3. The predicted molar refractivity (Wildman–Crippen MR) is 70.7 cm³/mol. The van der Waals surface area contributed by atoms with Crippen LogP contribution in [0.5, 0.6) is 0 Å². The number of piperidine rings is 1. The lowest BCUT2D eigenvalue weighted by atomic mass is 10.00. The summed E-state index contributed by atoms with van der Waals surface area (Å²) in [5, 5.41) is 4.31. The van der Waals surface area contributed by atoms with Crippen molar-refractivity contribution < 1.29 is 0 Å². The van der Waals surface area contributed by atoms with Gasteiger partial charge >= 0.3 is 0 Å².